The Hall–Kier alpha value is -1.76. The van der Waals surface area contributed by atoms with Crippen LogP contribution in [0.2, 0.25) is 0 Å². The van der Waals surface area contributed by atoms with E-state index in [0.717, 1.165) is 17.4 Å². The molecule has 2 rings (SSSR count). The molecule has 0 bridgehead atoms. The summed E-state index contributed by atoms with van der Waals surface area (Å²) in [5.74, 6) is 0.381. The van der Waals surface area contributed by atoms with Crippen LogP contribution in [0.25, 0.3) is 10.8 Å². The van der Waals surface area contributed by atoms with Gasteiger partial charge in [0.05, 0.1) is 0 Å². The number of allylic oxidation sites excluding steroid dienone is 2. The molecule has 1 heteroatoms. The van der Waals surface area contributed by atoms with Crippen molar-refractivity contribution >= 4 is 10.8 Å². The fourth-order valence-electron chi connectivity index (χ4n) is 1.77. The quantitative estimate of drug-likeness (QED) is 0.730. The molecule has 0 saturated heterocycles. The van der Waals surface area contributed by atoms with Gasteiger partial charge in [0.1, 0.15) is 5.75 Å². The summed E-state index contributed by atoms with van der Waals surface area (Å²) in [6.45, 7) is 1.99. The molecule has 0 aromatic heterocycles. The molecule has 0 saturated carbocycles. The Kier molecular flexibility index (Phi) is 2.72. The van der Waals surface area contributed by atoms with Crippen LogP contribution in [-0.4, -0.2) is 5.11 Å². The lowest BCUT2D eigenvalue weighted by Crippen LogP contribution is -1.85. The minimum absolute atomic E-state index is 0.381. The zero-order chi connectivity index (χ0) is 10.7. The molecule has 76 valence electrons. The lowest BCUT2D eigenvalue weighted by Gasteiger charge is -2.06. The first-order chi connectivity index (χ1) is 7.33. The van der Waals surface area contributed by atoms with Gasteiger partial charge in [0, 0.05) is 5.56 Å². The van der Waals surface area contributed by atoms with Gasteiger partial charge in [-0.3, -0.25) is 0 Å². The van der Waals surface area contributed by atoms with Gasteiger partial charge in [-0.2, -0.15) is 0 Å². The molecule has 0 aliphatic heterocycles. The van der Waals surface area contributed by atoms with E-state index in [-0.39, 0.29) is 0 Å². The van der Waals surface area contributed by atoms with Crippen molar-refractivity contribution in [2.45, 2.75) is 13.3 Å². The minimum atomic E-state index is 0.381. The molecular formula is C14H14O. The zero-order valence-corrected chi connectivity index (χ0v) is 8.77. The number of aromatic hydroxyl groups is 1. The molecule has 0 heterocycles. The Balaban J connectivity index is 2.63. The summed E-state index contributed by atoms with van der Waals surface area (Å²) in [5, 5.41) is 12.1. The highest BCUT2D eigenvalue weighted by molar-refractivity contribution is 5.87. The summed E-state index contributed by atoms with van der Waals surface area (Å²) in [5.41, 5.74) is 1.01. The zero-order valence-electron chi connectivity index (χ0n) is 8.77. The molecule has 1 nitrogen and oxygen atoms in total. The average Bonchev–Trinajstić information content (AvgIpc) is 2.28. The molecule has 2 aromatic carbocycles. The number of hydrogen-bond acceptors (Lipinski definition) is 1. The first kappa shape index (κ1) is 9.78. The third-order valence-electron chi connectivity index (χ3n) is 2.57. The first-order valence-corrected chi connectivity index (χ1v) is 5.13. The predicted molar refractivity (Wildman–Crippen MR) is 64.1 cm³/mol. The van der Waals surface area contributed by atoms with Crippen LogP contribution in [0.5, 0.6) is 5.75 Å². The lowest BCUT2D eigenvalue weighted by molar-refractivity contribution is 0.471. The molecule has 1 N–H and O–H groups in total. The predicted octanol–water partition coefficient (Wildman–Crippen LogP) is 3.66. The maximum atomic E-state index is 9.80. The van der Waals surface area contributed by atoms with Crippen molar-refractivity contribution in [3.8, 4) is 5.75 Å². The number of phenols is 1. The van der Waals surface area contributed by atoms with Gasteiger partial charge < -0.3 is 5.11 Å². The van der Waals surface area contributed by atoms with Gasteiger partial charge in [-0.1, -0.05) is 42.5 Å². The Morgan fingerprint density at radius 1 is 1.13 bits per heavy atom. The number of rotatable bonds is 2. The van der Waals surface area contributed by atoms with E-state index in [4.69, 9.17) is 0 Å². The number of phenolic OH excluding ortho intramolecular Hbond substituents is 1. The highest BCUT2D eigenvalue weighted by Gasteiger charge is 2.04. The van der Waals surface area contributed by atoms with Crippen LogP contribution in [-0.2, 0) is 6.42 Å². The summed E-state index contributed by atoms with van der Waals surface area (Å²) in [6.07, 6.45) is 4.84. The number of fused-ring (bicyclic) bond motifs is 1. The van der Waals surface area contributed by atoms with E-state index < -0.39 is 0 Å². The number of benzene rings is 2. The normalized spacial score (nSPS) is 11.3. The van der Waals surface area contributed by atoms with E-state index in [2.05, 4.69) is 12.1 Å². The fourth-order valence-corrected chi connectivity index (χ4v) is 1.77. The van der Waals surface area contributed by atoms with Gasteiger partial charge in [0.25, 0.3) is 0 Å². The molecular weight excluding hydrogens is 184 g/mol. The molecule has 2 aromatic rings. The summed E-state index contributed by atoms with van der Waals surface area (Å²) < 4.78 is 0. The lowest BCUT2D eigenvalue weighted by atomic mass is 10.0. The van der Waals surface area contributed by atoms with Crippen molar-refractivity contribution in [3.63, 3.8) is 0 Å². The molecule has 0 unspecified atom stereocenters. The molecule has 0 aliphatic carbocycles. The average molecular weight is 198 g/mol. The van der Waals surface area contributed by atoms with Crippen LogP contribution < -0.4 is 0 Å². The first-order valence-electron chi connectivity index (χ1n) is 5.13. The second kappa shape index (κ2) is 4.18. The van der Waals surface area contributed by atoms with Gasteiger partial charge in [0.15, 0.2) is 0 Å². The van der Waals surface area contributed by atoms with Crippen molar-refractivity contribution < 1.29 is 5.11 Å². The van der Waals surface area contributed by atoms with Crippen LogP contribution in [0.1, 0.15) is 12.5 Å². The third kappa shape index (κ3) is 1.86. The molecule has 0 radical (unpaired) electrons. The minimum Gasteiger partial charge on any atom is -0.508 e. The van der Waals surface area contributed by atoms with Crippen molar-refractivity contribution in [2.24, 2.45) is 0 Å². The van der Waals surface area contributed by atoms with E-state index in [1.807, 2.05) is 37.3 Å². The second-order valence-electron chi connectivity index (χ2n) is 3.56. The molecule has 0 spiro atoms. The maximum absolute atomic E-state index is 9.80. The van der Waals surface area contributed by atoms with Crippen molar-refractivity contribution in [3.05, 3.63) is 54.1 Å². The topological polar surface area (TPSA) is 20.2 Å². The van der Waals surface area contributed by atoms with Crippen LogP contribution >= 0.6 is 0 Å². The molecule has 0 atom stereocenters. The van der Waals surface area contributed by atoms with Gasteiger partial charge in [0.2, 0.25) is 0 Å². The number of hydrogen-bond donors (Lipinski definition) is 1. The Labute approximate surface area is 89.7 Å². The van der Waals surface area contributed by atoms with Crippen molar-refractivity contribution in [2.75, 3.05) is 0 Å². The van der Waals surface area contributed by atoms with Gasteiger partial charge >= 0.3 is 0 Å². The van der Waals surface area contributed by atoms with Crippen LogP contribution in [0.4, 0.5) is 0 Å². The monoisotopic (exact) mass is 198 g/mol. The third-order valence-corrected chi connectivity index (χ3v) is 2.57. The highest BCUT2D eigenvalue weighted by atomic mass is 16.3. The fraction of sp³-hybridized carbons (Fsp3) is 0.143. The van der Waals surface area contributed by atoms with Gasteiger partial charge in [-0.05, 0) is 30.2 Å². The van der Waals surface area contributed by atoms with Crippen LogP contribution in [0.3, 0.4) is 0 Å². The summed E-state index contributed by atoms with van der Waals surface area (Å²) >= 11 is 0. The highest BCUT2D eigenvalue weighted by Crippen LogP contribution is 2.27. The molecule has 0 aliphatic rings. The van der Waals surface area contributed by atoms with E-state index in [1.165, 1.54) is 5.39 Å². The van der Waals surface area contributed by atoms with Gasteiger partial charge in [-0.25, -0.2) is 0 Å². The molecule has 0 fully saturated rings. The Morgan fingerprint density at radius 3 is 2.73 bits per heavy atom. The van der Waals surface area contributed by atoms with Crippen molar-refractivity contribution in [1.82, 2.24) is 0 Å². The van der Waals surface area contributed by atoms with Crippen LogP contribution in [0.15, 0.2) is 48.6 Å². The van der Waals surface area contributed by atoms with E-state index >= 15 is 0 Å². The summed E-state index contributed by atoms with van der Waals surface area (Å²) in [4.78, 5) is 0. The van der Waals surface area contributed by atoms with Gasteiger partial charge in [-0.15, -0.1) is 0 Å². The largest absolute Gasteiger partial charge is 0.508 e. The van der Waals surface area contributed by atoms with Crippen molar-refractivity contribution in [1.29, 1.82) is 0 Å². The second-order valence-corrected chi connectivity index (χ2v) is 3.56. The SMILES string of the molecule is CC=CCc1c(O)ccc2ccccc12. The summed E-state index contributed by atoms with van der Waals surface area (Å²) in [7, 11) is 0. The molecule has 0 amide bonds. The van der Waals surface area contributed by atoms with Crippen LogP contribution in [0, 0.1) is 0 Å². The maximum Gasteiger partial charge on any atom is 0.119 e. The Morgan fingerprint density at radius 2 is 1.93 bits per heavy atom. The van der Waals surface area contributed by atoms with E-state index in [0.29, 0.717) is 5.75 Å². The summed E-state index contributed by atoms with van der Waals surface area (Å²) in [6, 6.07) is 11.8. The molecule has 15 heavy (non-hydrogen) atoms. The smallest absolute Gasteiger partial charge is 0.119 e. The standard InChI is InChI=1S/C14H14O/c1-2-3-7-13-12-8-5-4-6-11(12)9-10-14(13)15/h2-6,8-10,15H,7H2,1H3. The van der Waals surface area contributed by atoms with E-state index in [9.17, 15) is 5.11 Å². The Bertz CT molecular complexity index is 498. The van der Waals surface area contributed by atoms with E-state index in [1.54, 1.807) is 6.07 Å².